The molecule has 0 bridgehead atoms. The van der Waals surface area contributed by atoms with Gasteiger partial charge in [0, 0.05) is 18.5 Å². The highest BCUT2D eigenvalue weighted by molar-refractivity contribution is 8.00. The van der Waals surface area contributed by atoms with Gasteiger partial charge >= 0.3 is 5.97 Å². The molecular weight excluding hydrogens is 262 g/mol. The van der Waals surface area contributed by atoms with Gasteiger partial charge in [0.1, 0.15) is 0 Å². The quantitative estimate of drug-likeness (QED) is 0.591. The topological polar surface area (TPSA) is 46.6 Å². The zero-order chi connectivity index (χ0) is 14.3. The van der Waals surface area contributed by atoms with Crippen LogP contribution in [0.4, 0.5) is 0 Å². The van der Waals surface area contributed by atoms with Crippen molar-refractivity contribution in [1.29, 1.82) is 0 Å². The molecule has 1 aromatic rings. The highest BCUT2D eigenvalue weighted by Gasteiger charge is 2.18. The van der Waals surface area contributed by atoms with Crippen LogP contribution in [0.15, 0.2) is 35.2 Å². The zero-order valence-electron chi connectivity index (χ0n) is 11.5. The number of hydrogen-bond donors (Lipinski definition) is 0. The lowest BCUT2D eigenvalue weighted by atomic mass is 10.2. The smallest absolute Gasteiger partial charge is 0.310 e. The Kier molecular flexibility index (Phi) is 6.42. The third kappa shape index (κ3) is 5.34. The van der Waals surface area contributed by atoms with E-state index in [-0.39, 0.29) is 17.8 Å². The maximum atomic E-state index is 11.9. The minimum atomic E-state index is -0.305. The molecule has 0 aliphatic heterocycles. The molecule has 1 atom stereocenters. The van der Waals surface area contributed by atoms with Gasteiger partial charge in [-0.25, -0.2) is 0 Å². The van der Waals surface area contributed by atoms with Crippen molar-refractivity contribution < 1.29 is 14.3 Å². The van der Waals surface area contributed by atoms with Crippen LogP contribution in [0.3, 0.4) is 0 Å². The molecule has 5 heteroatoms. The zero-order valence-corrected chi connectivity index (χ0v) is 12.3. The molecular formula is C14H19NO3S. The standard InChI is InChI=1S/C14H19NO3S/c1-11(14(17)18-3)9-15(2)13(16)10-19-12-7-5-4-6-8-12/h4-8,11H,9-10H2,1-3H3. The van der Waals surface area contributed by atoms with E-state index in [0.717, 1.165) is 4.90 Å². The SMILES string of the molecule is COC(=O)C(C)CN(C)C(=O)CSc1ccccc1. The number of carbonyl (C=O) groups excluding carboxylic acids is 2. The second kappa shape index (κ2) is 7.84. The highest BCUT2D eigenvalue weighted by atomic mass is 32.2. The number of nitrogens with zero attached hydrogens (tertiary/aromatic N) is 1. The first-order valence-corrected chi connectivity index (χ1v) is 7.02. The van der Waals surface area contributed by atoms with E-state index in [2.05, 4.69) is 4.74 Å². The molecule has 1 amide bonds. The number of benzene rings is 1. The lowest BCUT2D eigenvalue weighted by molar-refractivity contribution is -0.145. The number of methoxy groups -OCH3 is 1. The molecule has 104 valence electrons. The second-order valence-electron chi connectivity index (χ2n) is 4.30. The van der Waals surface area contributed by atoms with Crippen molar-refractivity contribution in [3.8, 4) is 0 Å². The first-order chi connectivity index (χ1) is 9.04. The van der Waals surface area contributed by atoms with Crippen LogP contribution >= 0.6 is 11.8 Å². The molecule has 19 heavy (non-hydrogen) atoms. The van der Waals surface area contributed by atoms with Gasteiger partial charge in [0.05, 0.1) is 18.8 Å². The summed E-state index contributed by atoms with van der Waals surface area (Å²) in [6.07, 6.45) is 0. The predicted octanol–water partition coefficient (Wildman–Crippen LogP) is 2.05. The Balaban J connectivity index is 2.39. The fourth-order valence-corrected chi connectivity index (χ4v) is 2.42. The monoisotopic (exact) mass is 281 g/mol. The average Bonchev–Trinajstić information content (AvgIpc) is 2.44. The minimum absolute atomic E-state index is 0.00426. The van der Waals surface area contributed by atoms with Crippen LogP contribution in [-0.4, -0.2) is 43.2 Å². The largest absolute Gasteiger partial charge is 0.469 e. The lowest BCUT2D eigenvalue weighted by Crippen LogP contribution is -2.35. The average molecular weight is 281 g/mol. The maximum absolute atomic E-state index is 11.9. The molecule has 0 saturated carbocycles. The predicted molar refractivity (Wildman–Crippen MR) is 76.0 cm³/mol. The summed E-state index contributed by atoms with van der Waals surface area (Å²) in [5.74, 6) is -0.227. The van der Waals surface area contributed by atoms with Crippen molar-refractivity contribution >= 4 is 23.6 Å². The summed E-state index contributed by atoms with van der Waals surface area (Å²) in [6.45, 7) is 2.13. The van der Waals surface area contributed by atoms with Crippen LogP contribution in [0.2, 0.25) is 0 Å². The summed E-state index contributed by atoms with van der Waals surface area (Å²) in [5, 5.41) is 0. The molecule has 0 aliphatic carbocycles. The molecule has 4 nitrogen and oxygen atoms in total. The maximum Gasteiger partial charge on any atom is 0.310 e. The van der Waals surface area contributed by atoms with E-state index in [1.165, 1.54) is 18.9 Å². The van der Waals surface area contributed by atoms with Crippen molar-refractivity contribution in [2.45, 2.75) is 11.8 Å². The van der Waals surface area contributed by atoms with E-state index < -0.39 is 0 Å². The van der Waals surface area contributed by atoms with E-state index in [1.807, 2.05) is 30.3 Å². The minimum Gasteiger partial charge on any atom is -0.469 e. The Morgan fingerprint density at radius 1 is 1.32 bits per heavy atom. The molecule has 0 saturated heterocycles. The van der Waals surface area contributed by atoms with Gasteiger partial charge < -0.3 is 9.64 Å². The molecule has 1 rings (SSSR count). The van der Waals surface area contributed by atoms with Gasteiger partial charge in [-0.3, -0.25) is 9.59 Å². The third-order valence-electron chi connectivity index (χ3n) is 2.68. The Hall–Kier alpha value is -1.49. The Labute approximate surface area is 118 Å². The van der Waals surface area contributed by atoms with Gasteiger partial charge in [-0.1, -0.05) is 25.1 Å². The van der Waals surface area contributed by atoms with E-state index >= 15 is 0 Å². The summed E-state index contributed by atoms with van der Waals surface area (Å²) in [5.41, 5.74) is 0. The molecule has 0 N–H and O–H groups in total. The summed E-state index contributed by atoms with van der Waals surface area (Å²) in [4.78, 5) is 25.8. The summed E-state index contributed by atoms with van der Waals surface area (Å²) in [7, 11) is 3.05. The molecule has 0 aliphatic rings. The fourth-order valence-electron chi connectivity index (χ4n) is 1.56. The van der Waals surface area contributed by atoms with Gasteiger partial charge in [-0.05, 0) is 12.1 Å². The van der Waals surface area contributed by atoms with Gasteiger partial charge in [0.2, 0.25) is 5.91 Å². The van der Waals surface area contributed by atoms with Crippen LogP contribution in [0.5, 0.6) is 0 Å². The first-order valence-electron chi connectivity index (χ1n) is 6.04. The summed E-state index contributed by atoms with van der Waals surface area (Å²) in [6, 6.07) is 9.76. The fraction of sp³-hybridized carbons (Fsp3) is 0.429. The molecule has 0 heterocycles. The molecule has 0 fully saturated rings. The lowest BCUT2D eigenvalue weighted by Gasteiger charge is -2.20. The number of esters is 1. The van der Waals surface area contributed by atoms with Gasteiger partial charge in [0.15, 0.2) is 0 Å². The Bertz CT molecular complexity index is 422. The summed E-state index contributed by atoms with van der Waals surface area (Å²) >= 11 is 1.49. The summed E-state index contributed by atoms with van der Waals surface area (Å²) < 4.78 is 4.64. The van der Waals surface area contributed by atoms with Crippen LogP contribution < -0.4 is 0 Å². The van der Waals surface area contributed by atoms with E-state index in [0.29, 0.717) is 12.3 Å². The third-order valence-corrected chi connectivity index (χ3v) is 3.68. The van der Waals surface area contributed by atoms with E-state index in [9.17, 15) is 9.59 Å². The van der Waals surface area contributed by atoms with E-state index in [1.54, 1.807) is 18.9 Å². The van der Waals surface area contributed by atoms with Crippen LogP contribution in [-0.2, 0) is 14.3 Å². The van der Waals surface area contributed by atoms with Crippen molar-refractivity contribution in [2.75, 3.05) is 26.5 Å². The van der Waals surface area contributed by atoms with Crippen molar-refractivity contribution in [1.82, 2.24) is 4.90 Å². The molecule has 0 aromatic heterocycles. The van der Waals surface area contributed by atoms with Crippen LogP contribution in [0.1, 0.15) is 6.92 Å². The van der Waals surface area contributed by atoms with Crippen molar-refractivity contribution in [3.63, 3.8) is 0 Å². The number of thioether (sulfide) groups is 1. The molecule has 0 spiro atoms. The number of ether oxygens (including phenoxy) is 1. The Morgan fingerprint density at radius 2 is 1.95 bits per heavy atom. The van der Waals surface area contributed by atoms with Gasteiger partial charge in [-0.15, -0.1) is 11.8 Å². The van der Waals surface area contributed by atoms with Gasteiger partial charge in [0.25, 0.3) is 0 Å². The highest BCUT2D eigenvalue weighted by Crippen LogP contribution is 2.17. The number of rotatable bonds is 6. The van der Waals surface area contributed by atoms with Crippen molar-refractivity contribution in [2.24, 2.45) is 5.92 Å². The number of carbonyl (C=O) groups is 2. The van der Waals surface area contributed by atoms with Crippen molar-refractivity contribution in [3.05, 3.63) is 30.3 Å². The molecule has 0 radical (unpaired) electrons. The Morgan fingerprint density at radius 3 is 2.53 bits per heavy atom. The number of hydrogen-bond acceptors (Lipinski definition) is 4. The van der Waals surface area contributed by atoms with Crippen LogP contribution in [0, 0.1) is 5.92 Å². The second-order valence-corrected chi connectivity index (χ2v) is 5.35. The number of amides is 1. The van der Waals surface area contributed by atoms with E-state index in [4.69, 9.17) is 0 Å². The molecule has 1 unspecified atom stereocenters. The van der Waals surface area contributed by atoms with Crippen LogP contribution in [0.25, 0.3) is 0 Å². The first kappa shape index (κ1) is 15.6. The normalized spacial score (nSPS) is 11.7. The molecule has 1 aromatic carbocycles. The van der Waals surface area contributed by atoms with Gasteiger partial charge in [-0.2, -0.15) is 0 Å².